The molecule has 0 saturated heterocycles. The molecule has 0 radical (unpaired) electrons. The highest BCUT2D eigenvalue weighted by atomic mass is 16.3. The molecule has 3 saturated carbocycles. The van der Waals surface area contributed by atoms with E-state index in [-0.39, 0.29) is 6.10 Å². The van der Waals surface area contributed by atoms with Crippen molar-refractivity contribution in [2.24, 2.45) is 52.3 Å². The molecule has 0 aromatic carbocycles. The van der Waals surface area contributed by atoms with Gasteiger partial charge in [-0.05, 0) is 104 Å². The van der Waals surface area contributed by atoms with E-state index in [9.17, 15) is 5.11 Å². The minimum atomic E-state index is -0.0790. The summed E-state index contributed by atoms with van der Waals surface area (Å²) in [6.45, 7) is 15.1. The van der Waals surface area contributed by atoms with Crippen molar-refractivity contribution >= 4 is 0 Å². The summed E-state index contributed by atoms with van der Waals surface area (Å²) in [5, 5.41) is 10.2. The molecule has 0 aromatic heterocycles. The number of hydrogen-bond donors (Lipinski definition) is 1. The third kappa shape index (κ3) is 3.66. The van der Waals surface area contributed by atoms with Crippen molar-refractivity contribution in [3.8, 4) is 0 Å². The fraction of sp³-hybridized carbons (Fsp3) is 0.929. The monoisotopic (exact) mass is 400 g/mol. The largest absolute Gasteiger partial charge is 0.393 e. The molecule has 0 aliphatic heterocycles. The highest BCUT2D eigenvalue weighted by Crippen LogP contribution is 2.67. The van der Waals surface area contributed by atoms with Gasteiger partial charge in [0.1, 0.15) is 0 Å². The van der Waals surface area contributed by atoms with Crippen molar-refractivity contribution in [2.75, 3.05) is 0 Å². The first-order valence-electron chi connectivity index (χ1n) is 13.0. The van der Waals surface area contributed by atoms with Gasteiger partial charge in [-0.2, -0.15) is 0 Å². The fourth-order valence-electron chi connectivity index (χ4n) is 8.68. The second kappa shape index (κ2) is 7.99. The third-order valence-electron chi connectivity index (χ3n) is 11.1. The first-order valence-corrected chi connectivity index (χ1v) is 13.0. The van der Waals surface area contributed by atoms with E-state index in [0.717, 1.165) is 54.3 Å². The zero-order chi connectivity index (χ0) is 21.0. The molecule has 0 amide bonds. The molecule has 0 heterocycles. The lowest BCUT2D eigenvalue weighted by Crippen LogP contribution is -2.50. The van der Waals surface area contributed by atoms with Crippen LogP contribution in [0.15, 0.2) is 11.6 Å². The molecule has 4 aliphatic carbocycles. The minimum Gasteiger partial charge on any atom is -0.393 e. The van der Waals surface area contributed by atoms with E-state index in [2.05, 4.69) is 47.6 Å². The topological polar surface area (TPSA) is 20.2 Å². The first kappa shape index (κ1) is 21.9. The van der Waals surface area contributed by atoms with Crippen molar-refractivity contribution in [3.63, 3.8) is 0 Å². The van der Waals surface area contributed by atoms with Crippen LogP contribution < -0.4 is 0 Å². The highest BCUT2D eigenvalue weighted by Gasteiger charge is 2.59. The van der Waals surface area contributed by atoms with Gasteiger partial charge in [0.2, 0.25) is 0 Å². The van der Waals surface area contributed by atoms with Gasteiger partial charge in [0.15, 0.2) is 0 Å². The van der Waals surface area contributed by atoms with Crippen LogP contribution in [0.4, 0.5) is 0 Å². The molecule has 4 aliphatic rings. The Morgan fingerprint density at radius 3 is 2.45 bits per heavy atom. The fourth-order valence-corrected chi connectivity index (χ4v) is 8.68. The van der Waals surface area contributed by atoms with Crippen molar-refractivity contribution < 1.29 is 5.11 Å². The van der Waals surface area contributed by atoms with Crippen LogP contribution in [0.25, 0.3) is 0 Å². The smallest absolute Gasteiger partial charge is 0.0577 e. The second-order valence-corrected chi connectivity index (χ2v) is 12.7. The van der Waals surface area contributed by atoms with Gasteiger partial charge in [-0.3, -0.25) is 0 Å². The van der Waals surface area contributed by atoms with Crippen molar-refractivity contribution in [2.45, 2.75) is 112 Å². The SMILES string of the molecule is CC(C)C(C)CC[C@@H](C)C1CCC2C3CC=C4C[C@@H](O)CC[C@]4(C)C3CC[C@@]21C. The van der Waals surface area contributed by atoms with Gasteiger partial charge >= 0.3 is 0 Å². The average Bonchev–Trinajstić information content (AvgIpc) is 3.03. The predicted octanol–water partition coefficient (Wildman–Crippen LogP) is 7.63. The molecule has 1 heteroatoms. The maximum atomic E-state index is 10.2. The van der Waals surface area contributed by atoms with Crippen LogP contribution in [0.3, 0.4) is 0 Å². The predicted molar refractivity (Wildman–Crippen MR) is 124 cm³/mol. The summed E-state index contributed by atoms with van der Waals surface area (Å²) in [6, 6.07) is 0. The van der Waals surface area contributed by atoms with E-state index in [1.807, 2.05) is 0 Å². The van der Waals surface area contributed by atoms with Crippen LogP contribution in [0.1, 0.15) is 106 Å². The Morgan fingerprint density at radius 1 is 0.966 bits per heavy atom. The average molecular weight is 401 g/mol. The summed E-state index contributed by atoms with van der Waals surface area (Å²) in [5.41, 5.74) is 2.59. The Balaban J connectivity index is 1.49. The van der Waals surface area contributed by atoms with Crippen LogP contribution in [-0.2, 0) is 0 Å². The molecular weight excluding hydrogens is 352 g/mol. The number of aliphatic hydroxyl groups excluding tert-OH is 1. The van der Waals surface area contributed by atoms with Crippen molar-refractivity contribution in [1.82, 2.24) is 0 Å². The molecule has 1 nitrogen and oxygen atoms in total. The molecular formula is C28H48O. The summed E-state index contributed by atoms with van der Waals surface area (Å²) >= 11 is 0. The Labute approximate surface area is 181 Å². The second-order valence-electron chi connectivity index (χ2n) is 12.7. The Morgan fingerprint density at radius 2 is 1.72 bits per heavy atom. The van der Waals surface area contributed by atoms with Gasteiger partial charge in [-0.25, -0.2) is 0 Å². The zero-order valence-corrected chi connectivity index (χ0v) is 20.2. The number of fused-ring (bicyclic) bond motifs is 5. The molecule has 0 bridgehead atoms. The number of hydrogen-bond acceptors (Lipinski definition) is 1. The minimum absolute atomic E-state index is 0.0790. The molecule has 166 valence electrons. The molecule has 0 spiro atoms. The first-order chi connectivity index (χ1) is 13.7. The van der Waals surface area contributed by atoms with Gasteiger partial charge < -0.3 is 5.11 Å². The number of rotatable bonds is 5. The maximum absolute atomic E-state index is 10.2. The van der Waals surface area contributed by atoms with Gasteiger partial charge in [0.05, 0.1) is 6.10 Å². The lowest BCUT2D eigenvalue weighted by atomic mass is 9.47. The van der Waals surface area contributed by atoms with Gasteiger partial charge in [0.25, 0.3) is 0 Å². The van der Waals surface area contributed by atoms with Crippen LogP contribution in [-0.4, -0.2) is 11.2 Å². The summed E-state index contributed by atoms with van der Waals surface area (Å²) in [7, 11) is 0. The normalized spacial score (nSPS) is 46.5. The zero-order valence-electron chi connectivity index (χ0n) is 20.2. The molecule has 0 aromatic rings. The van der Waals surface area contributed by atoms with Gasteiger partial charge in [0, 0.05) is 0 Å². The molecule has 9 atom stereocenters. The third-order valence-corrected chi connectivity index (χ3v) is 11.1. The van der Waals surface area contributed by atoms with Crippen LogP contribution in [0, 0.1) is 52.3 Å². The quantitative estimate of drug-likeness (QED) is 0.470. The summed E-state index contributed by atoms with van der Waals surface area (Å²) in [6.07, 6.45) is 15.7. The molecule has 4 rings (SSSR count). The molecule has 29 heavy (non-hydrogen) atoms. The van der Waals surface area contributed by atoms with E-state index >= 15 is 0 Å². The van der Waals surface area contributed by atoms with Gasteiger partial charge in [-0.1, -0.05) is 66.0 Å². The van der Waals surface area contributed by atoms with E-state index in [0.29, 0.717) is 10.8 Å². The highest BCUT2D eigenvalue weighted by molar-refractivity contribution is 5.25. The Kier molecular flexibility index (Phi) is 6.04. The van der Waals surface area contributed by atoms with E-state index < -0.39 is 0 Å². The summed E-state index contributed by atoms with van der Waals surface area (Å²) in [4.78, 5) is 0. The van der Waals surface area contributed by atoms with Crippen molar-refractivity contribution in [1.29, 1.82) is 0 Å². The summed E-state index contributed by atoms with van der Waals surface area (Å²) in [5.74, 6) is 6.24. The van der Waals surface area contributed by atoms with Crippen molar-refractivity contribution in [3.05, 3.63) is 11.6 Å². The number of allylic oxidation sites excluding steroid dienone is 1. The van der Waals surface area contributed by atoms with E-state index in [1.54, 1.807) is 5.57 Å². The van der Waals surface area contributed by atoms with Crippen LogP contribution in [0.5, 0.6) is 0 Å². The number of aliphatic hydroxyl groups is 1. The molecule has 3 fully saturated rings. The lowest BCUT2D eigenvalue weighted by molar-refractivity contribution is -0.0574. The maximum Gasteiger partial charge on any atom is 0.0577 e. The van der Waals surface area contributed by atoms with E-state index in [1.165, 1.54) is 51.4 Å². The summed E-state index contributed by atoms with van der Waals surface area (Å²) < 4.78 is 0. The molecule has 1 N–H and O–H groups in total. The standard InChI is InChI=1S/C28H48O/c1-18(2)19(3)7-8-20(4)24-11-12-25-23-10-9-21-17-22(29)13-15-27(21,5)26(23)14-16-28(24,25)6/h9,18-20,22-26,29H,7-8,10-17H2,1-6H3/t19?,20-,22+,23?,24?,25?,26?,27+,28-/m1/s1. The van der Waals surface area contributed by atoms with Gasteiger partial charge in [-0.15, -0.1) is 0 Å². The Hall–Kier alpha value is -0.300. The van der Waals surface area contributed by atoms with Crippen LogP contribution in [0.2, 0.25) is 0 Å². The Bertz CT molecular complexity index is 620. The van der Waals surface area contributed by atoms with Crippen LogP contribution >= 0.6 is 0 Å². The van der Waals surface area contributed by atoms with E-state index in [4.69, 9.17) is 0 Å². The lowest BCUT2D eigenvalue weighted by Gasteiger charge is -2.58. The molecule has 5 unspecified atom stereocenters.